The molecule has 0 spiro atoms. The van der Waals surface area contributed by atoms with Gasteiger partial charge in [-0.2, -0.15) is 0 Å². The van der Waals surface area contributed by atoms with E-state index in [1.165, 1.54) is 22.4 Å². The molecule has 0 saturated carbocycles. The fraction of sp³-hybridized carbons (Fsp3) is 0.615. The van der Waals surface area contributed by atoms with Crippen molar-refractivity contribution in [3.05, 3.63) is 21.4 Å². The van der Waals surface area contributed by atoms with Gasteiger partial charge in [0.05, 0.1) is 7.11 Å². The highest BCUT2D eigenvalue weighted by Gasteiger charge is 2.38. The molecule has 1 aromatic rings. The van der Waals surface area contributed by atoms with Gasteiger partial charge in [0.15, 0.2) is 0 Å². The topological polar surface area (TPSA) is 29.5 Å². The molecule has 0 amide bonds. The molecular weight excluding hydrogens is 234 g/mol. The number of nitrogens with zero attached hydrogens (tertiary/aromatic N) is 1. The molecule has 2 rings (SSSR count). The maximum absolute atomic E-state index is 11.6. The summed E-state index contributed by atoms with van der Waals surface area (Å²) in [5.41, 5.74) is 1.35. The first-order chi connectivity index (χ1) is 8.04. The summed E-state index contributed by atoms with van der Waals surface area (Å²) in [4.78, 5) is 16.5. The molecule has 1 saturated heterocycles. The second-order valence-corrected chi connectivity index (χ2v) is 6.07. The van der Waals surface area contributed by atoms with Crippen LogP contribution < -0.4 is 0 Å². The summed E-state index contributed by atoms with van der Waals surface area (Å²) in [6.45, 7) is 7.43. The fourth-order valence-electron chi connectivity index (χ4n) is 2.50. The lowest BCUT2D eigenvalue weighted by molar-refractivity contribution is -0.153. The molecule has 4 heteroatoms. The first-order valence-electron chi connectivity index (χ1n) is 5.95. The van der Waals surface area contributed by atoms with E-state index >= 15 is 0 Å². The quantitative estimate of drug-likeness (QED) is 0.776. The molecule has 17 heavy (non-hydrogen) atoms. The third-order valence-electron chi connectivity index (χ3n) is 3.56. The summed E-state index contributed by atoms with van der Waals surface area (Å²) in [6, 6.07) is 2.49. The first-order valence-corrected chi connectivity index (χ1v) is 6.76. The third-order valence-corrected chi connectivity index (χ3v) is 4.54. The minimum absolute atomic E-state index is 0.0467. The minimum Gasteiger partial charge on any atom is -0.468 e. The van der Waals surface area contributed by atoms with Gasteiger partial charge in [-0.25, -0.2) is 0 Å². The number of rotatable bonds is 3. The Labute approximate surface area is 106 Å². The normalized spacial score (nSPS) is 22.0. The Morgan fingerprint density at radius 3 is 2.71 bits per heavy atom. The number of aryl methyl sites for hydroxylation is 2. The van der Waals surface area contributed by atoms with Gasteiger partial charge in [0.2, 0.25) is 0 Å². The van der Waals surface area contributed by atoms with Crippen LogP contribution in [0, 0.1) is 13.8 Å². The van der Waals surface area contributed by atoms with Crippen molar-refractivity contribution in [2.45, 2.75) is 39.3 Å². The van der Waals surface area contributed by atoms with Crippen LogP contribution in [0.1, 0.15) is 34.7 Å². The highest BCUT2D eigenvalue weighted by Crippen LogP contribution is 2.35. The van der Waals surface area contributed by atoms with Gasteiger partial charge in [0.25, 0.3) is 0 Å². The van der Waals surface area contributed by atoms with Crippen molar-refractivity contribution >= 4 is 17.3 Å². The van der Waals surface area contributed by atoms with Gasteiger partial charge in [-0.15, -0.1) is 11.3 Å². The predicted molar refractivity (Wildman–Crippen MR) is 69.3 cm³/mol. The van der Waals surface area contributed by atoms with E-state index in [-0.39, 0.29) is 12.0 Å². The maximum atomic E-state index is 11.6. The van der Waals surface area contributed by atoms with E-state index < -0.39 is 0 Å². The number of carbonyl (C=O) groups is 1. The number of methoxy groups -OCH3 is 1. The molecule has 2 atom stereocenters. The highest BCUT2D eigenvalue weighted by atomic mass is 32.1. The number of carbonyl (C=O) groups excluding carboxylic acids is 1. The molecule has 94 valence electrons. The van der Waals surface area contributed by atoms with Crippen molar-refractivity contribution in [1.29, 1.82) is 0 Å². The lowest BCUT2D eigenvalue weighted by Gasteiger charge is -2.43. The monoisotopic (exact) mass is 253 g/mol. The van der Waals surface area contributed by atoms with E-state index in [0.717, 1.165) is 13.0 Å². The van der Waals surface area contributed by atoms with Gasteiger partial charge in [0.1, 0.15) is 6.04 Å². The second kappa shape index (κ2) is 4.78. The summed E-state index contributed by atoms with van der Waals surface area (Å²) < 4.78 is 4.83. The van der Waals surface area contributed by atoms with Gasteiger partial charge in [0, 0.05) is 22.3 Å². The van der Waals surface area contributed by atoms with Crippen molar-refractivity contribution in [3.8, 4) is 0 Å². The minimum atomic E-state index is -0.104. The molecule has 0 radical (unpaired) electrons. The zero-order valence-electron chi connectivity index (χ0n) is 10.8. The Morgan fingerprint density at radius 1 is 1.59 bits per heavy atom. The molecule has 0 N–H and O–H groups in total. The molecule has 3 nitrogen and oxygen atoms in total. The van der Waals surface area contributed by atoms with Gasteiger partial charge in [-0.1, -0.05) is 0 Å². The Bertz CT molecular complexity index is 427. The molecule has 1 aromatic heterocycles. The summed E-state index contributed by atoms with van der Waals surface area (Å²) in [7, 11) is 1.46. The van der Waals surface area contributed by atoms with E-state index in [1.54, 1.807) is 0 Å². The van der Waals surface area contributed by atoms with Crippen molar-refractivity contribution in [2.75, 3.05) is 13.7 Å². The Kier molecular flexibility index (Phi) is 3.54. The maximum Gasteiger partial charge on any atom is 0.323 e. The van der Waals surface area contributed by atoms with Crippen LogP contribution in [0.15, 0.2) is 6.07 Å². The van der Waals surface area contributed by atoms with Crippen LogP contribution in [-0.2, 0) is 9.53 Å². The van der Waals surface area contributed by atoms with Gasteiger partial charge < -0.3 is 4.74 Å². The van der Waals surface area contributed by atoms with Crippen LogP contribution in [0.4, 0.5) is 0 Å². The van der Waals surface area contributed by atoms with Crippen molar-refractivity contribution in [1.82, 2.24) is 4.90 Å². The summed E-state index contributed by atoms with van der Waals surface area (Å²) in [5.74, 6) is -0.104. The molecular formula is C13H19NO2S. The Balaban J connectivity index is 2.13. The smallest absolute Gasteiger partial charge is 0.323 e. The van der Waals surface area contributed by atoms with E-state index in [2.05, 4.69) is 31.7 Å². The van der Waals surface area contributed by atoms with Crippen LogP contribution in [0.3, 0.4) is 0 Å². The molecule has 1 aliphatic rings. The number of thiophene rings is 1. The molecule has 2 heterocycles. The van der Waals surface area contributed by atoms with E-state index in [9.17, 15) is 4.79 Å². The predicted octanol–water partition coefficient (Wildman–Crippen LogP) is 2.67. The van der Waals surface area contributed by atoms with Gasteiger partial charge in [-0.05, 0) is 38.8 Å². The van der Waals surface area contributed by atoms with Crippen LogP contribution in [0.2, 0.25) is 0 Å². The number of ether oxygens (including phenoxy) is 1. The zero-order valence-corrected chi connectivity index (χ0v) is 11.6. The molecule has 0 bridgehead atoms. The zero-order chi connectivity index (χ0) is 12.6. The SMILES string of the molecule is COC(=O)C1CCN1C(C)c1cc(C)sc1C. The number of hydrogen-bond acceptors (Lipinski definition) is 4. The fourth-order valence-corrected chi connectivity index (χ4v) is 3.52. The summed E-state index contributed by atoms with van der Waals surface area (Å²) in [6.07, 6.45) is 0.916. The van der Waals surface area contributed by atoms with Gasteiger partial charge in [-0.3, -0.25) is 9.69 Å². The molecule has 1 aliphatic heterocycles. The summed E-state index contributed by atoms with van der Waals surface area (Å²) >= 11 is 1.82. The van der Waals surface area contributed by atoms with Crippen molar-refractivity contribution < 1.29 is 9.53 Å². The number of hydrogen-bond donors (Lipinski definition) is 0. The lowest BCUT2D eigenvalue weighted by Crippen LogP contribution is -2.53. The van der Waals surface area contributed by atoms with Crippen molar-refractivity contribution in [3.63, 3.8) is 0 Å². The molecule has 1 fully saturated rings. The summed E-state index contributed by atoms with van der Waals surface area (Å²) in [5, 5.41) is 0. The third kappa shape index (κ3) is 2.24. The average molecular weight is 253 g/mol. The van der Waals surface area contributed by atoms with E-state index in [0.29, 0.717) is 6.04 Å². The average Bonchev–Trinajstić information content (AvgIpc) is 2.56. The Hall–Kier alpha value is -0.870. The first kappa shape index (κ1) is 12.6. The second-order valence-electron chi connectivity index (χ2n) is 4.61. The molecule has 2 unspecified atom stereocenters. The Morgan fingerprint density at radius 2 is 2.29 bits per heavy atom. The number of likely N-dealkylation sites (tertiary alicyclic amines) is 1. The number of esters is 1. The molecule has 0 aliphatic carbocycles. The molecule has 0 aromatic carbocycles. The standard InChI is InChI=1S/C13H19NO2S/c1-8-7-11(10(3)17-8)9(2)14-6-5-12(14)13(15)16-4/h7,9,12H,5-6H2,1-4H3. The van der Waals surface area contributed by atoms with Crippen LogP contribution >= 0.6 is 11.3 Å². The van der Waals surface area contributed by atoms with Crippen molar-refractivity contribution in [2.24, 2.45) is 0 Å². The van der Waals surface area contributed by atoms with Crippen LogP contribution in [0.25, 0.3) is 0 Å². The van der Waals surface area contributed by atoms with Crippen LogP contribution in [0.5, 0.6) is 0 Å². The van der Waals surface area contributed by atoms with Gasteiger partial charge >= 0.3 is 5.97 Å². The highest BCUT2D eigenvalue weighted by molar-refractivity contribution is 7.12. The van der Waals surface area contributed by atoms with E-state index in [4.69, 9.17) is 4.74 Å². The largest absolute Gasteiger partial charge is 0.468 e. The van der Waals surface area contributed by atoms with Crippen LogP contribution in [-0.4, -0.2) is 30.6 Å². The lowest BCUT2D eigenvalue weighted by atomic mass is 9.96. The van der Waals surface area contributed by atoms with E-state index in [1.807, 2.05) is 11.3 Å².